The molecule has 0 saturated heterocycles. The van der Waals surface area contributed by atoms with Crippen LogP contribution in [-0.4, -0.2) is 11.8 Å². The summed E-state index contributed by atoms with van der Waals surface area (Å²) in [6.45, 7) is 0. The lowest BCUT2D eigenvalue weighted by Gasteiger charge is -2.05. The molecule has 0 spiro atoms. The van der Waals surface area contributed by atoms with Crippen molar-refractivity contribution < 1.29 is 4.79 Å². The Labute approximate surface area is 137 Å². The van der Waals surface area contributed by atoms with Gasteiger partial charge in [0.15, 0.2) is 0 Å². The Hall–Kier alpha value is -0.360. The van der Waals surface area contributed by atoms with E-state index in [1.165, 1.54) is 11.3 Å². The number of hydrogen-bond donors (Lipinski definition) is 1. The van der Waals surface area contributed by atoms with Crippen molar-refractivity contribution in [2.45, 2.75) is 6.42 Å². The molecule has 0 aliphatic rings. The van der Waals surface area contributed by atoms with Crippen LogP contribution in [0.3, 0.4) is 0 Å². The normalized spacial score (nSPS) is 10.5. The van der Waals surface area contributed by atoms with E-state index < -0.39 is 0 Å². The maximum atomic E-state index is 12.1. The summed E-state index contributed by atoms with van der Waals surface area (Å²) in [6, 6.07) is 9.50. The van der Waals surface area contributed by atoms with Gasteiger partial charge in [0.25, 0.3) is 5.91 Å². The number of anilines is 1. The standard InChI is InChI=1S/C13H10Br2ClNOS/c14-11-7-10(12(15)19-11)13(18)17-9-3-1-8(2-4-9)5-6-16/h1-4,7H,5-6H2,(H,17,18). The fourth-order valence-corrected chi connectivity index (χ4v) is 4.57. The zero-order chi connectivity index (χ0) is 13.8. The molecule has 0 bridgehead atoms. The summed E-state index contributed by atoms with van der Waals surface area (Å²) in [4.78, 5) is 12.1. The van der Waals surface area contributed by atoms with Gasteiger partial charge in [-0.1, -0.05) is 12.1 Å². The molecule has 0 saturated carbocycles. The van der Waals surface area contributed by atoms with Gasteiger partial charge in [-0.3, -0.25) is 4.79 Å². The van der Waals surface area contributed by atoms with E-state index in [9.17, 15) is 4.79 Å². The van der Waals surface area contributed by atoms with Crippen LogP contribution in [0.25, 0.3) is 0 Å². The second kappa shape index (κ2) is 6.88. The smallest absolute Gasteiger partial charge is 0.257 e. The summed E-state index contributed by atoms with van der Waals surface area (Å²) >= 11 is 13.9. The Morgan fingerprint density at radius 1 is 1.26 bits per heavy atom. The zero-order valence-corrected chi connectivity index (χ0v) is 14.5. The Balaban J connectivity index is 2.08. The lowest BCUT2D eigenvalue weighted by atomic mass is 10.1. The highest BCUT2D eigenvalue weighted by atomic mass is 79.9. The molecule has 19 heavy (non-hydrogen) atoms. The molecule has 1 heterocycles. The van der Waals surface area contributed by atoms with Crippen molar-refractivity contribution in [3.05, 3.63) is 49.0 Å². The summed E-state index contributed by atoms with van der Waals surface area (Å²) in [6.07, 6.45) is 0.832. The molecule has 100 valence electrons. The van der Waals surface area contributed by atoms with E-state index in [2.05, 4.69) is 37.2 Å². The average molecular weight is 424 g/mol. The zero-order valence-electron chi connectivity index (χ0n) is 9.75. The Kier molecular flexibility index (Phi) is 5.45. The highest BCUT2D eigenvalue weighted by molar-refractivity contribution is 9.12. The molecule has 2 rings (SSSR count). The fourth-order valence-electron chi connectivity index (χ4n) is 1.56. The van der Waals surface area contributed by atoms with Gasteiger partial charge in [0.1, 0.15) is 0 Å². The molecule has 1 N–H and O–H groups in total. The number of alkyl halides is 1. The van der Waals surface area contributed by atoms with Crippen molar-refractivity contribution in [1.29, 1.82) is 0 Å². The average Bonchev–Trinajstić information content (AvgIpc) is 2.71. The van der Waals surface area contributed by atoms with Crippen LogP contribution < -0.4 is 5.32 Å². The fraction of sp³-hybridized carbons (Fsp3) is 0.154. The van der Waals surface area contributed by atoms with Crippen molar-refractivity contribution in [3.8, 4) is 0 Å². The Bertz CT molecular complexity index is 583. The first-order valence-corrected chi connectivity index (χ1v) is 8.45. The molecule has 1 aromatic heterocycles. The summed E-state index contributed by atoms with van der Waals surface area (Å²) in [5.74, 6) is 0.473. The predicted molar refractivity (Wildman–Crippen MR) is 88.5 cm³/mol. The minimum atomic E-state index is -0.126. The molecule has 1 aromatic carbocycles. The van der Waals surface area contributed by atoms with Gasteiger partial charge < -0.3 is 5.32 Å². The molecule has 2 nitrogen and oxygen atoms in total. The van der Waals surface area contributed by atoms with Crippen LogP contribution in [0.2, 0.25) is 0 Å². The van der Waals surface area contributed by atoms with Gasteiger partial charge in [-0.15, -0.1) is 22.9 Å². The van der Waals surface area contributed by atoms with Gasteiger partial charge >= 0.3 is 0 Å². The Morgan fingerprint density at radius 2 is 1.95 bits per heavy atom. The third kappa shape index (κ3) is 4.05. The minimum absolute atomic E-state index is 0.126. The third-order valence-corrected chi connectivity index (χ3v) is 5.02. The molecule has 2 aromatic rings. The predicted octanol–water partition coefficient (Wildman–Crippen LogP) is 5.31. The van der Waals surface area contributed by atoms with Crippen LogP contribution in [0.1, 0.15) is 15.9 Å². The topological polar surface area (TPSA) is 29.1 Å². The number of amides is 1. The first-order chi connectivity index (χ1) is 9.10. The molecule has 0 fully saturated rings. The van der Waals surface area contributed by atoms with Crippen molar-refractivity contribution in [1.82, 2.24) is 0 Å². The molecular weight excluding hydrogens is 413 g/mol. The molecular formula is C13H10Br2ClNOS. The van der Waals surface area contributed by atoms with Gasteiger partial charge in [-0.25, -0.2) is 0 Å². The lowest BCUT2D eigenvalue weighted by molar-refractivity contribution is 0.102. The number of hydrogen-bond acceptors (Lipinski definition) is 2. The second-order valence-corrected chi connectivity index (χ2v) is 7.96. The quantitative estimate of drug-likeness (QED) is 0.664. The molecule has 0 aliphatic heterocycles. The summed E-state index contributed by atoms with van der Waals surface area (Å²) in [7, 11) is 0. The number of nitrogens with one attached hydrogen (secondary N) is 1. The number of carbonyl (C=O) groups is 1. The first-order valence-electron chi connectivity index (χ1n) is 5.51. The lowest BCUT2D eigenvalue weighted by Crippen LogP contribution is -2.11. The molecule has 1 amide bonds. The molecule has 6 heteroatoms. The van der Waals surface area contributed by atoms with Crippen LogP contribution in [0.15, 0.2) is 37.9 Å². The number of rotatable bonds is 4. The highest BCUT2D eigenvalue weighted by Gasteiger charge is 2.13. The van der Waals surface area contributed by atoms with Crippen molar-refractivity contribution in [3.63, 3.8) is 0 Å². The molecule has 0 unspecified atom stereocenters. The van der Waals surface area contributed by atoms with Gasteiger partial charge in [-0.2, -0.15) is 0 Å². The third-order valence-electron chi connectivity index (χ3n) is 2.50. The van der Waals surface area contributed by atoms with Gasteiger partial charge in [0.2, 0.25) is 0 Å². The van der Waals surface area contributed by atoms with E-state index in [1.807, 2.05) is 24.3 Å². The van der Waals surface area contributed by atoms with Gasteiger partial charge in [-0.05, 0) is 62.0 Å². The summed E-state index contributed by atoms with van der Waals surface area (Å²) in [5.41, 5.74) is 2.56. The van der Waals surface area contributed by atoms with Crippen molar-refractivity contribution in [2.75, 3.05) is 11.2 Å². The number of thiophene rings is 1. The molecule has 0 aliphatic carbocycles. The van der Waals surface area contributed by atoms with Crippen molar-refractivity contribution in [2.24, 2.45) is 0 Å². The summed E-state index contributed by atoms with van der Waals surface area (Å²) < 4.78 is 1.73. The first kappa shape index (κ1) is 15.0. The monoisotopic (exact) mass is 421 g/mol. The van der Waals surface area contributed by atoms with Crippen LogP contribution in [-0.2, 0) is 6.42 Å². The van der Waals surface area contributed by atoms with E-state index in [0.717, 1.165) is 25.2 Å². The molecule has 0 atom stereocenters. The van der Waals surface area contributed by atoms with E-state index >= 15 is 0 Å². The van der Waals surface area contributed by atoms with E-state index in [0.29, 0.717) is 11.4 Å². The maximum absolute atomic E-state index is 12.1. The number of benzene rings is 1. The second-order valence-electron chi connectivity index (χ2n) is 3.83. The summed E-state index contributed by atoms with van der Waals surface area (Å²) in [5, 5.41) is 2.87. The largest absolute Gasteiger partial charge is 0.322 e. The minimum Gasteiger partial charge on any atom is -0.322 e. The Morgan fingerprint density at radius 3 is 2.47 bits per heavy atom. The number of halogens is 3. The number of aryl methyl sites for hydroxylation is 1. The van der Waals surface area contributed by atoms with Crippen LogP contribution >= 0.6 is 54.8 Å². The molecule has 0 radical (unpaired) electrons. The van der Waals surface area contributed by atoms with Gasteiger partial charge in [0, 0.05) is 11.6 Å². The van der Waals surface area contributed by atoms with Gasteiger partial charge in [0.05, 0.1) is 13.1 Å². The van der Waals surface area contributed by atoms with Crippen molar-refractivity contribution >= 4 is 66.4 Å². The van der Waals surface area contributed by atoms with Crippen LogP contribution in [0.4, 0.5) is 5.69 Å². The van der Waals surface area contributed by atoms with E-state index in [-0.39, 0.29) is 5.91 Å². The number of carbonyl (C=O) groups excluding carboxylic acids is 1. The van der Waals surface area contributed by atoms with E-state index in [4.69, 9.17) is 11.6 Å². The maximum Gasteiger partial charge on any atom is 0.257 e. The highest BCUT2D eigenvalue weighted by Crippen LogP contribution is 2.32. The van der Waals surface area contributed by atoms with Crippen LogP contribution in [0.5, 0.6) is 0 Å². The van der Waals surface area contributed by atoms with E-state index in [1.54, 1.807) is 6.07 Å². The SMILES string of the molecule is O=C(Nc1ccc(CCCl)cc1)c1cc(Br)sc1Br. The van der Waals surface area contributed by atoms with Crippen LogP contribution in [0, 0.1) is 0 Å².